The van der Waals surface area contributed by atoms with Crippen LogP contribution < -0.4 is 5.56 Å². The van der Waals surface area contributed by atoms with Crippen LogP contribution in [0.15, 0.2) is 53.3 Å². The number of rotatable bonds is 2. The highest BCUT2D eigenvalue weighted by Crippen LogP contribution is 2.36. The Morgan fingerprint density at radius 2 is 1.79 bits per heavy atom. The second kappa shape index (κ2) is 6.97. The summed E-state index contributed by atoms with van der Waals surface area (Å²) >= 11 is 7.04. The Hall–Kier alpha value is -2.70. The molecule has 2 aromatic heterocycles. The van der Waals surface area contributed by atoms with Gasteiger partial charge in [-0.25, -0.2) is 4.57 Å². The van der Waals surface area contributed by atoms with Crippen molar-refractivity contribution in [2.24, 2.45) is 0 Å². The van der Waals surface area contributed by atoms with Crippen molar-refractivity contribution in [2.45, 2.75) is 33.1 Å². The molecule has 4 rings (SSSR count). The van der Waals surface area contributed by atoms with E-state index in [1.165, 1.54) is 15.9 Å². The molecule has 6 heteroatoms. The number of nitrogens with zero attached hydrogens (tertiary/aromatic N) is 1. The summed E-state index contributed by atoms with van der Waals surface area (Å²) in [4.78, 5) is 18.6. The molecule has 0 unspecified atom stereocenters. The Morgan fingerprint density at radius 3 is 2.45 bits per heavy atom. The van der Waals surface area contributed by atoms with Gasteiger partial charge >= 0.3 is 0 Å². The molecule has 0 aliphatic heterocycles. The van der Waals surface area contributed by atoms with Crippen LogP contribution in [0.25, 0.3) is 27.0 Å². The van der Waals surface area contributed by atoms with Gasteiger partial charge in [0.05, 0.1) is 11.1 Å². The van der Waals surface area contributed by atoms with Gasteiger partial charge < -0.3 is 10.1 Å². The van der Waals surface area contributed by atoms with E-state index in [1.54, 1.807) is 6.07 Å². The van der Waals surface area contributed by atoms with Crippen LogP contribution >= 0.6 is 23.6 Å². The zero-order valence-corrected chi connectivity index (χ0v) is 18.4. The van der Waals surface area contributed by atoms with E-state index < -0.39 is 0 Å². The van der Waals surface area contributed by atoms with Crippen LogP contribution in [0, 0.1) is 11.7 Å². The molecule has 0 aliphatic carbocycles. The first kappa shape index (κ1) is 19.6. The van der Waals surface area contributed by atoms with Crippen LogP contribution in [0.5, 0.6) is 5.75 Å². The SMILES string of the molecule is Cc1sc2[nH]c(=S)n(-c3cc(C(C)(C)C)ccc3O)c(=O)c2c1-c1ccccc1. The molecule has 2 aromatic carbocycles. The molecule has 0 saturated heterocycles. The minimum atomic E-state index is -0.228. The lowest BCUT2D eigenvalue weighted by Crippen LogP contribution is -2.21. The zero-order valence-electron chi connectivity index (χ0n) is 16.7. The fraction of sp³-hybridized carbons (Fsp3) is 0.217. The molecule has 0 fully saturated rings. The molecule has 0 atom stereocenters. The molecule has 0 radical (unpaired) electrons. The highest BCUT2D eigenvalue weighted by Gasteiger charge is 2.21. The number of phenolic OH excluding ortho intramolecular Hbond substituents is 1. The number of hydrogen-bond donors (Lipinski definition) is 2. The third kappa shape index (κ3) is 3.32. The Morgan fingerprint density at radius 1 is 1.10 bits per heavy atom. The Balaban J connectivity index is 2.09. The van der Waals surface area contributed by atoms with E-state index in [9.17, 15) is 9.90 Å². The summed E-state index contributed by atoms with van der Waals surface area (Å²) in [6, 6.07) is 15.2. The fourth-order valence-electron chi connectivity index (χ4n) is 3.53. The normalized spacial score (nSPS) is 11.9. The average molecular weight is 423 g/mol. The summed E-state index contributed by atoms with van der Waals surface area (Å²) in [6.45, 7) is 8.27. The van der Waals surface area contributed by atoms with Crippen LogP contribution in [0.2, 0.25) is 0 Å². The van der Waals surface area contributed by atoms with E-state index in [0.717, 1.165) is 26.4 Å². The summed E-state index contributed by atoms with van der Waals surface area (Å²) in [5, 5.41) is 11.1. The molecule has 29 heavy (non-hydrogen) atoms. The molecule has 0 bridgehead atoms. The summed E-state index contributed by atoms with van der Waals surface area (Å²) < 4.78 is 1.67. The van der Waals surface area contributed by atoms with Crippen molar-refractivity contribution in [3.05, 3.63) is 74.1 Å². The lowest BCUT2D eigenvalue weighted by molar-refractivity contribution is 0.470. The molecule has 4 nitrogen and oxygen atoms in total. The van der Waals surface area contributed by atoms with Gasteiger partial charge in [0.1, 0.15) is 10.6 Å². The minimum absolute atomic E-state index is 0.0205. The summed E-state index contributed by atoms with van der Waals surface area (Å²) in [5.41, 5.74) is 2.94. The molecule has 2 N–H and O–H groups in total. The van der Waals surface area contributed by atoms with E-state index in [0.29, 0.717) is 11.1 Å². The first-order valence-corrected chi connectivity index (χ1v) is 10.6. The Labute approximate surface area is 178 Å². The van der Waals surface area contributed by atoms with Gasteiger partial charge in [0, 0.05) is 10.4 Å². The number of benzene rings is 2. The Bertz CT molecular complexity index is 1340. The zero-order chi connectivity index (χ0) is 20.9. The van der Waals surface area contributed by atoms with Crippen molar-refractivity contribution in [3.63, 3.8) is 0 Å². The number of aromatic hydroxyl groups is 1. The van der Waals surface area contributed by atoms with Gasteiger partial charge in [-0.3, -0.25) is 4.79 Å². The van der Waals surface area contributed by atoms with Crippen molar-refractivity contribution in [1.29, 1.82) is 0 Å². The molecule has 0 spiro atoms. The predicted molar refractivity (Wildman–Crippen MR) is 123 cm³/mol. The van der Waals surface area contributed by atoms with Crippen LogP contribution in [0.1, 0.15) is 31.2 Å². The van der Waals surface area contributed by atoms with Gasteiger partial charge in [-0.1, -0.05) is 57.2 Å². The van der Waals surface area contributed by atoms with Crippen LogP contribution in [0.4, 0.5) is 0 Å². The topological polar surface area (TPSA) is 58.0 Å². The predicted octanol–water partition coefficient (Wildman–Crippen LogP) is 6.09. The number of nitrogens with one attached hydrogen (secondary N) is 1. The maximum Gasteiger partial charge on any atom is 0.268 e. The van der Waals surface area contributed by atoms with Gasteiger partial charge in [-0.15, -0.1) is 11.3 Å². The number of thiophene rings is 1. The summed E-state index contributed by atoms with van der Waals surface area (Å²) in [7, 11) is 0. The molecule has 4 aromatic rings. The summed E-state index contributed by atoms with van der Waals surface area (Å²) in [6.07, 6.45) is 0. The number of aromatic amines is 1. The van der Waals surface area contributed by atoms with Crippen LogP contribution in [0.3, 0.4) is 0 Å². The lowest BCUT2D eigenvalue weighted by atomic mass is 9.87. The van der Waals surface area contributed by atoms with Crippen molar-refractivity contribution in [2.75, 3.05) is 0 Å². The van der Waals surface area contributed by atoms with Gasteiger partial charge in [-0.2, -0.15) is 0 Å². The minimum Gasteiger partial charge on any atom is -0.506 e. The molecule has 2 heterocycles. The van der Waals surface area contributed by atoms with Gasteiger partial charge in [-0.05, 0) is 47.8 Å². The number of hydrogen-bond acceptors (Lipinski definition) is 4. The number of phenols is 1. The number of fused-ring (bicyclic) bond motifs is 1. The molecule has 0 amide bonds. The smallest absolute Gasteiger partial charge is 0.268 e. The number of aromatic nitrogens is 2. The largest absolute Gasteiger partial charge is 0.506 e. The van der Waals surface area contributed by atoms with Gasteiger partial charge in [0.25, 0.3) is 5.56 Å². The van der Waals surface area contributed by atoms with E-state index in [2.05, 4.69) is 25.8 Å². The van der Waals surface area contributed by atoms with Crippen molar-refractivity contribution in [3.8, 4) is 22.6 Å². The second-order valence-corrected chi connectivity index (χ2v) is 9.74. The fourth-order valence-corrected chi connectivity index (χ4v) is 4.95. The van der Waals surface area contributed by atoms with E-state index in [-0.39, 0.29) is 21.5 Å². The molecule has 0 saturated carbocycles. The molecular formula is C23H22N2O2S2. The summed E-state index contributed by atoms with van der Waals surface area (Å²) in [5.74, 6) is 0.0205. The lowest BCUT2D eigenvalue weighted by Gasteiger charge is -2.20. The van der Waals surface area contributed by atoms with Crippen molar-refractivity contribution in [1.82, 2.24) is 9.55 Å². The highest BCUT2D eigenvalue weighted by atomic mass is 32.1. The molecular weight excluding hydrogens is 400 g/mol. The maximum absolute atomic E-state index is 13.6. The average Bonchev–Trinajstić information content (AvgIpc) is 2.98. The van der Waals surface area contributed by atoms with Gasteiger partial charge in [0.15, 0.2) is 4.77 Å². The third-order valence-corrected chi connectivity index (χ3v) is 6.37. The third-order valence-electron chi connectivity index (χ3n) is 5.07. The molecule has 0 aliphatic rings. The monoisotopic (exact) mass is 422 g/mol. The van der Waals surface area contributed by atoms with E-state index in [4.69, 9.17) is 12.2 Å². The first-order valence-electron chi connectivity index (χ1n) is 9.36. The standard InChI is InChI=1S/C23H22N2O2S2/c1-13-18(14-8-6-5-7-9-14)19-20(29-13)24-22(28)25(21(19)27)16-12-15(23(2,3)4)10-11-17(16)26/h5-12,26H,1-4H3,(H,24,28). The molecule has 148 valence electrons. The van der Waals surface area contributed by atoms with Crippen molar-refractivity contribution < 1.29 is 5.11 Å². The first-order chi connectivity index (χ1) is 13.7. The Kier molecular flexibility index (Phi) is 4.71. The quantitative estimate of drug-likeness (QED) is 0.384. The van der Waals surface area contributed by atoms with Crippen molar-refractivity contribution >= 4 is 33.8 Å². The van der Waals surface area contributed by atoms with Gasteiger partial charge in [0.2, 0.25) is 0 Å². The van der Waals surface area contributed by atoms with E-state index in [1.807, 2.05) is 49.4 Å². The highest BCUT2D eigenvalue weighted by molar-refractivity contribution is 7.71. The van der Waals surface area contributed by atoms with Crippen LogP contribution in [-0.2, 0) is 5.41 Å². The van der Waals surface area contributed by atoms with Crippen LogP contribution in [-0.4, -0.2) is 14.7 Å². The number of aryl methyl sites for hydroxylation is 1. The number of H-pyrrole nitrogens is 1. The van der Waals surface area contributed by atoms with E-state index >= 15 is 0 Å². The second-order valence-electron chi connectivity index (χ2n) is 8.13. The maximum atomic E-state index is 13.6.